The van der Waals surface area contributed by atoms with Crippen molar-refractivity contribution in [3.63, 3.8) is 0 Å². The second-order valence-electron chi connectivity index (χ2n) is 3.01. The quantitative estimate of drug-likeness (QED) is 0.429. The van der Waals surface area contributed by atoms with Gasteiger partial charge in [0.1, 0.15) is 0 Å². The van der Waals surface area contributed by atoms with Crippen molar-refractivity contribution >= 4 is 11.8 Å². The summed E-state index contributed by atoms with van der Waals surface area (Å²) in [7, 11) is 1.58. The Morgan fingerprint density at radius 1 is 1.47 bits per heavy atom. The van der Waals surface area contributed by atoms with E-state index in [9.17, 15) is 9.59 Å². The van der Waals surface area contributed by atoms with Gasteiger partial charge in [0.25, 0.3) is 0 Å². The number of carbonyl (C=O) groups excluding carboxylic acids is 2. The molecule has 0 fully saturated rings. The number of likely N-dealkylation sites (N-methyl/N-ethyl adjacent to an activating group) is 2. The Labute approximate surface area is 90.2 Å². The van der Waals surface area contributed by atoms with Crippen LogP contribution in [0.25, 0.3) is 0 Å². The van der Waals surface area contributed by atoms with Crippen LogP contribution in [0, 0.1) is 12.3 Å². The number of hydrogen-bond donors (Lipinski definition) is 2. The molecule has 84 valence electrons. The number of amides is 2. The Bertz CT molecular complexity index is 258. The molecule has 0 rings (SSSR count). The van der Waals surface area contributed by atoms with Crippen LogP contribution < -0.4 is 10.6 Å². The van der Waals surface area contributed by atoms with E-state index in [1.165, 1.54) is 4.90 Å². The van der Waals surface area contributed by atoms with E-state index in [0.29, 0.717) is 13.1 Å². The van der Waals surface area contributed by atoms with Crippen molar-refractivity contribution in [2.45, 2.75) is 6.92 Å². The maximum atomic E-state index is 11.4. The number of carbonyl (C=O) groups is 2. The Balaban J connectivity index is 3.79. The van der Waals surface area contributed by atoms with Crippen LogP contribution in [0.15, 0.2) is 0 Å². The number of nitrogens with zero attached hydrogens (tertiary/aromatic N) is 1. The first-order valence-electron chi connectivity index (χ1n) is 4.76. The highest BCUT2D eigenvalue weighted by Gasteiger charge is 2.11. The van der Waals surface area contributed by atoms with Gasteiger partial charge in [-0.3, -0.25) is 14.9 Å². The molecule has 0 spiro atoms. The van der Waals surface area contributed by atoms with Crippen molar-refractivity contribution in [3.8, 4) is 12.3 Å². The van der Waals surface area contributed by atoms with Crippen LogP contribution in [0.1, 0.15) is 6.92 Å². The van der Waals surface area contributed by atoms with Gasteiger partial charge in [-0.25, -0.2) is 0 Å². The van der Waals surface area contributed by atoms with Gasteiger partial charge >= 0.3 is 0 Å². The van der Waals surface area contributed by atoms with Gasteiger partial charge in [-0.15, -0.1) is 6.42 Å². The van der Waals surface area contributed by atoms with Crippen LogP contribution in [-0.4, -0.2) is 49.9 Å². The Kier molecular flexibility index (Phi) is 7.02. The molecule has 0 aromatic rings. The lowest BCUT2D eigenvalue weighted by Gasteiger charge is -2.16. The minimum Gasteiger partial charge on any atom is -0.355 e. The molecule has 0 aliphatic heterocycles. The summed E-state index contributed by atoms with van der Waals surface area (Å²) in [6.45, 7) is 2.97. The molecule has 0 aliphatic carbocycles. The van der Waals surface area contributed by atoms with E-state index in [0.717, 1.165) is 0 Å². The molecule has 0 saturated heterocycles. The second-order valence-corrected chi connectivity index (χ2v) is 3.01. The van der Waals surface area contributed by atoms with Crippen molar-refractivity contribution in [2.24, 2.45) is 0 Å². The molecule has 2 N–H and O–H groups in total. The molecule has 15 heavy (non-hydrogen) atoms. The SMILES string of the molecule is C#CCNCC(=O)N(C)CC(=O)NCC. The molecule has 5 nitrogen and oxygen atoms in total. The third kappa shape index (κ3) is 6.52. The van der Waals surface area contributed by atoms with Gasteiger partial charge in [0.2, 0.25) is 11.8 Å². The van der Waals surface area contributed by atoms with E-state index in [-0.39, 0.29) is 24.9 Å². The third-order valence-corrected chi connectivity index (χ3v) is 1.68. The smallest absolute Gasteiger partial charge is 0.239 e. The zero-order chi connectivity index (χ0) is 11.7. The highest BCUT2D eigenvalue weighted by atomic mass is 16.2. The van der Waals surface area contributed by atoms with Gasteiger partial charge in [0, 0.05) is 13.6 Å². The molecular formula is C10H17N3O2. The van der Waals surface area contributed by atoms with Crippen molar-refractivity contribution in [1.82, 2.24) is 15.5 Å². The molecule has 5 heteroatoms. The average molecular weight is 211 g/mol. The fraction of sp³-hybridized carbons (Fsp3) is 0.600. The summed E-state index contributed by atoms with van der Waals surface area (Å²) in [6, 6.07) is 0. The first-order valence-corrected chi connectivity index (χ1v) is 4.76. The maximum Gasteiger partial charge on any atom is 0.239 e. The molecule has 2 amide bonds. The summed E-state index contributed by atoms with van der Waals surface area (Å²) < 4.78 is 0. The van der Waals surface area contributed by atoms with Gasteiger partial charge in [0.05, 0.1) is 19.6 Å². The summed E-state index contributed by atoms with van der Waals surface area (Å²) >= 11 is 0. The fourth-order valence-corrected chi connectivity index (χ4v) is 0.933. The zero-order valence-electron chi connectivity index (χ0n) is 9.17. The first-order chi connectivity index (χ1) is 7.11. The van der Waals surface area contributed by atoms with Crippen LogP contribution in [0.2, 0.25) is 0 Å². The Hall–Kier alpha value is -1.54. The number of nitrogens with one attached hydrogen (secondary N) is 2. The standard InChI is InChI=1S/C10H17N3O2/c1-4-6-11-7-10(15)13(3)8-9(14)12-5-2/h1,11H,5-8H2,2-3H3,(H,12,14). The van der Waals surface area contributed by atoms with Crippen LogP contribution >= 0.6 is 0 Å². The molecule has 0 aliphatic rings. The molecular weight excluding hydrogens is 194 g/mol. The van der Waals surface area contributed by atoms with Crippen LogP contribution in [0.3, 0.4) is 0 Å². The molecule has 0 saturated carbocycles. The van der Waals surface area contributed by atoms with Gasteiger partial charge in [-0.05, 0) is 6.92 Å². The normalized spacial score (nSPS) is 9.13. The zero-order valence-corrected chi connectivity index (χ0v) is 9.17. The number of hydrogen-bond acceptors (Lipinski definition) is 3. The molecule has 0 unspecified atom stereocenters. The third-order valence-electron chi connectivity index (χ3n) is 1.68. The van der Waals surface area contributed by atoms with E-state index < -0.39 is 0 Å². The molecule has 0 atom stereocenters. The highest BCUT2D eigenvalue weighted by molar-refractivity contribution is 5.85. The summed E-state index contributed by atoms with van der Waals surface area (Å²) in [5, 5.41) is 5.37. The van der Waals surface area contributed by atoms with E-state index >= 15 is 0 Å². The van der Waals surface area contributed by atoms with Gasteiger partial charge in [-0.2, -0.15) is 0 Å². The van der Waals surface area contributed by atoms with E-state index in [1.54, 1.807) is 7.05 Å². The Morgan fingerprint density at radius 3 is 2.67 bits per heavy atom. The second kappa shape index (κ2) is 7.83. The molecule has 0 heterocycles. The molecule has 0 aromatic carbocycles. The first kappa shape index (κ1) is 13.5. The molecule has 0 bridgehead atoms. The summed E-state index contributed by atoms with van der Waals surface area (Å²) in [6.07, 6.45) is 5.01. The molecule has 0 radical (unpaired) electrons. The minimum atomic E-state index is -0.162. The van der Waals surface area contributed by atoms with Gasteiger partial charge < -0.3 is 10.2 Å². The number of rotatable bonds is 6. The lowest BCUT2D eigenvalue weighted by Crippen LogP contribution is -2.42. The topological polar surface area (TPSA) is 61.4 Å². The Morgan fingerprint density at radius 2 is 2.13 bits per heavy atom. The number of terminal acetylenes is 1. The predicted molar refractivity (Wildman–Crippen MR) is 58.0 cm³/mol. The minimum absolute atomic E-state index is 0.0738. The molecule has 0 aromatic heterocycles. The van der Waals surface area contributed by atoms with E-state index in [1.807, 2.05) is 6.92 Å². The van der Waals surface area contributed by atoms with Crippen LogP contribution in [0.5, 0.6) is 0 Å². The van der Waals surface area contributed by atoms with Crippen molar-refractivity contribution in [3.05, 3.63) is 0 Å². The van der Waals surface area contributed by atoms with Crippen molar-refractivity contribution in [1.29, 1.82) is 0 Å². The fourth-order valence-electron chi connectivity index (χ4n) is 0.933. The van der Waals surface area contributed by atoms with Crippen LogP contribution in [-0.2, 0) is 9.59 Å². The largest absolute Gasteiger partial charge is 0.355 e. The van der Waals surface area contributed by atoms with Crippen molar-refractivity contribution in [2.75, 3.05) is 33.2 Å². The van der Waals surface area contributed by atoms with E-state index in [2.05, 4.69) is 16.6 Å². The summed E-state index contributed by atoms with van der Waals surface area (Å²) in [4.78, 5) is 23.9. The summed E-state index contributed by atoms with van der Waals surface area (Å²) in [5.74, 6) is 2.04. The van der Waals surface area contributed by atoms with Gasteiger partial charge in [0.15, 0.2) is 0 Å². The lowest BCUT2D eigenvalue weighted by atomic mass is 10.4. The monoisotopic (exact) mass is 211 g/mol. The summed E-state index contributed by atoms with van der Waals surface area (Å²) in [5.41, 5.74) is 0. The maximum absolute atomic E-state index is 11.4. The van der Waals surface area contributed by atoms with Crippen molar-refractivity contribution < 1.29 is 9.59 Å². The average Bonchev–Trinajstić information content (AvgIpc) is 2.18. The van der Waals surface area contributed by atoms with Crippen LogP contribution in [0.4, 0.5) is 0 Å². The highest BCUT2D eigenvalue weighted by Crippen LogP contribution is 1.83. The van der Waals surface area contributed by atoms with E-state index in [4.69, 9.17) is 6.42 Å². The lowest BCUT2D eigenvalue weighted by molar-refractivity contribution is -0.133. The van der Waals surface area contributed by atoms with Gasteiger partial charge in [-0.1, -0.05) is 5.92 Å². The predicted octanol–water partition coefficient (Wildman–Crippen LogP) is -1.20.